The van der Waals surface area contributed by atoms with E-state index in [9.17, 15) is 8.42 Å². The van der Waals surface area contributed by atoms with Gasteiger partial charge in [-0.2, -0.15) is 0 Å². The molecule has 1 fully saturated rings. The van der Waals surface area contributed by atoms with Crippen LogP contribution >= 0.6 is 0 Å². The Balaban J connectivity index is 1.79. The van der Waals surface area contributed by atoms with Crippen LogP contribution in [0.15, 0.2) is 18.2 Å². The maximum absolute atomic E-state index is 12.1. The lowest BCUT2D eigenvalue weighted by Crippen LogP contribution is -2.37. The quantitative estimate of drug-likeness (QED) is 0.922. The molecule has 0 radical (unpaired) electrons. The molecule has 1 unspecified atom stereocenters. The van der Waals surface area contributed by atoms with Crippen molar-refractivity contribution in [1.82, 2.24) is 5.32 Å². The summed E-state index contributed by atoms with van der Waals surface area (Å²) in [6.07, 6.45) is 2.45. The normalized spacial score (nSPS) is 28.1. The molecule has 3 rings (SSSR count). The highest BCUT2D eigenvalue weighted by Gasteiger charge is 2.44. The third-order valence-electron chi connectivity index (χ3n) is 4.51. The van der Waals surface area contributed by atoms with Crippen molar-refractivity contribution in [2.45, 2.75) is 37.5 Å². The number of rotatable bonds is 3. The lowest BCUT2D eigenvalue weighted by molar-refractivity contribution is 0.266. The summed E-state index contributed by atoms with van der Waals surface area (Å²) < 4.78 is 29.4. The maximum Gasteiger partial charge on any atom is 0.159 e. The van der Waals surface area contributed by atoms with Gasteiger partial charge in [0.25, 0.3) is 0 Å². The van der Waals surface area contributed by atoms with Crippen LogP contribution in [-0.4, -0.2) is 32.1 Å². The highest BCUT2D eigenvalue weighted by atomic mass is 32.2. The molecule has 0 amide bonds. The van der Waals surface area contributed by atoms with Gasteiger partial charge in [0.1, 0.15) is 17.1 Å². The van der Waals surface area contributed by atoms with Gasteiger partial charge in [-0.25, -0.2) is 8.42 Å². The zero-order valence-corrected chi connectivity index (χ0v) is 12.6. The van der Waals surface area contributed by atoms with E-state index in [4.69, 9.17) is 4.74 Å². The zero-order valence-electron chi connectivity index (χ0n) is 11.8. The molecule has 2 heterocycles. The second-order valence-electron chi connectivity index (χ2n) is 5.98. The molecule has 0 aliphatic carbocycles. The fraction of sp³-hybridized carbons (Fsp3) is 0.600. The molecule has 0 saturated carbocycles. The van der Waals surface area contributed by atoms with Gasteiger partial charge in [-0.1, -0.05) is 12.1 Å². The summed E-state index contributed by atoms with van der Waals surface area (Å²) in [4.78, 5) is 0. The molecule has 20 heavy (non-hydrogen) atoms. The Labute approximate surface area is 120 Å². The fourth-order valence-electron chi connectivity index (χ4n) is 3.05. The number of hydrogen-bond acceptors (Lipinski definition) is 4. The van der Waals surface area contributed by atoms with Crippen molar-refractivity contribution in [1.29, 1.82) is 0 Å². The summed E-state index contributed by atoms with van der Waals surface area (Å²) in [6, 6.07) is 6.05. The van der Waals surface area contributed by atoms with E-state index in [-0.39, 0.29) is 6.61 Å². The van der Waals surface area contributed by atoms with E-state index < -0.39 is 14.6 Å². The van der Waals surface area contributed by atoms with Gasteiger partial charge in [0.15, 0.2) is 9.84 Å². The van der Waals surface area contributed by atoms with Crippen LogP contribution < -0.4 is 10.1 Å². The SMILES string of the molecule is CC1(COc2cccc3c2CNCC3)CCCS1(=O)=O. The standard InChI is InChI=1S/C15H21NO3S/c1-15(7-3-9-20(15,17)18)11-19-14-5-2-4-12-6-8-16-10-13(12)14/h2,4-5,16H,3,6-11H2,1H3. The minimum absolute atomic E-state index is 0.256. The van der Waals surface area contributed by atoms with Crippen LogP contribution in [0.25, 0.3) is 0 Å². The van der Waals surface area contributed by atoms with Crippen LogP contribution in [0.1, 0.15) is 30.9 Å². The van der Waals surface area contributed by atoms with Crippen LogP contribution in [0, 0.1) is 0 Å². The third-order valence-corrected chi connectivity index (χ3v) is 7.16. The number of nitrogens with one attached hydrogen (secondary N) is 1. The van der Waals surface area contributed by atoms with Gasteiger partial charge in [0.05, 0.1) is 5.75 Å². The summed E-state index contributed by atoms with van der Waals surface area (Å²) in [5.74, 6) is 1.12. The summed E-state index contributed by atoms with van der Waals surface area (Å²) in [7, 11) is -3.02. The molecule has 1 aromatic rings. The molecule has 0 spiro atoms. The highest BCUT2D eigenvalue weighted by molar-refractivity contribution is 7.93. The zero-order chi connectivity index (χ0) is 14.2. The van der Waals surface area contributed by atoms with E-state index in [1.54, 1.807) is 0 Å². The van der Waals surface area contributed by atoms with Gasteiger partial charge < -0.3 is 10.1 Å². The third kappa shape index (κ3) is 2.33. The first-order valence-electron chi connectivity index (χ1n) is 7.18. The number of hydrogen-bond donors (Lipinski definition) is 1. The van der Waals surface area contributed by atoms with Gasteiger partial charge in [0.2, 0.25) is 0 Å². The number of fused-ring (bicyclic) bond motifs is 1. The largest absolute Gasteiger partial charge is 0.492 e. The minimum atomic E-state index is -3.02. The van der Waals surface area contributed by atoms with Crippen molar-refractivity contribution in [3.05, 3.63) is 29.3 Å². The predicted molar refractivity (Wildman–Crippen MR) is 78.8 cm³/mol. The van der Waals surface area contributed by atoms with E-state index in [1.165, 1.54) is 11.1 Å². The molecule has 2 aliphatic heterocycles. The van der Waals surface area contributed by atoms with E-state index in [1.807, 2.05) is 19.1 Å². The average Bonchev–Trinajstić information content (AvgIpc) is 2.71. The first-order valence-corrected chi connectivity index (χ1v) is 8.84. The molecular weight excluding hydrogens is 274 g/mol. The van der Waals surface area contributed by atoms with Gasteiger partial charge in [-0.15, -0.1) is 0 Å². The minimum Gasteiger partial charge on any atom is -0.492 e. The monoisotopic (exact) mass is 295 g/mol. The molecule has 110 valence electrons. The molecule has 1 N–H and O–H groups in total. The second kappa shape index (κ2) is 5.04. The van der Waals surface area contributed by atoms with Crippen molar-refractivity contribution >= 4 is 9.84 Å². The van der Waals surface area contributed by atoms with E-state index >= 15 is 0 Å². The molecule has 0 aromatic heterocycles. The Morgan fingerprint density at radius 1 is 1.40 bits per heavy atom. The predicted octanol–water partition coefficient (Wildman–Crippen LogP) is 1.68. The first kappa shape index (κ1) is 13.9. The van der Waals surface area contributed by atoms with Gasteiger partial charge >= 0.3 is 0 Å². The van der Waals surface area contributed by atoms with Gasteiger partial charge in [-0.3, -0.25) is 0 Å². The van der Waals surface area contributed by atoms with Gasteiger partial charge in [-0.05, 0) is 44.4 Å². The van der Waals surface area contributed by atoms with Gasteiger partial charge in [0, 0.05) is 12.1 Å². The maximum atomic E-state index is 12.1. The molecule has 1 aromatic carbocycles. The van der Waals surface area contributed by atoms with Crippen LogP contribution in [0.3, 0.4) is 0 Å². The molecule has 2 aliphatic rings. The van der Waals surface area contributed by atoms with Crippen molar-refractivity contribution in [2.24, 2.45) is 0 Å². The van der Waals surface area contributed by atoms with Crippen molar-refractivity contribution < 1.29 is 13.2 Å². The molecule has 1 saturated heterocycles. The van der Waals surface area contributed by atoms with E-state index in [0.29, 0.717) is 12.2 Å². The van der Waals surface area contributed by atoms with Crippen LogP contribution in [0.5, 0.6) is 5.75 Å². The van der Waals surface area contributed by atoms with Crippen LogP contribution in [0.4, 0.5) is 0 Å². The van der Waals surface area contributed by atoms with Crippen molar-refractivity contribution in [2.75, 3.05) is 18.9 Å². The van der Waals surface area contributed by atoms with E-state index in [0.717, 1.165) is 31.7 Å². The fourth-order valence-corrected chi connectivity index (χ4v) is 4.76. The number of sulfone groups is 1. The van der Waals surface area contributed by atoms with E-state index in [2.05, 4.69) is 11.4 Å². The lowest BCUT2D eigenvalue weighted by atomic mass is 10.00. The molecule has 1 atom stereocenters. The summed E-state index contributed by atoms with van der Waals surface area (Å²) in [5.41, 5.74) is 2.48. The summed E-state index contributed by atoms with van der Waals surface area (Å²) >= 11 is 0. The topological polar surface area (TPSA) is 55.4 Å². The van der Waals surface area contributed by atoms with Crippen molar-refractivity contribution in [3.63, 3.8) is 0 Å². The first-order chi connectivity index (χ1) is 9.52. The molecule has 5 heteroatoms. The lowest BCUT2D eigenvalue weighted by Gasteiger charge is -2.25. The second-order valence-corrected chi connectivity index (χ2v) is 8.60. The van der Waals surface area contributed by atoms with Crippen LogP contribution in [0.2, 0.25) is 0 Å². The number of benzene rings is 1. The Morgan fingerprint density at radius 2 is 2.25 bits per heavy atom. The summed E-state index contributed by atoms with van der Waals surface area (Å²) in [6.45, 7) is 3.85. The molecule has 4 nitrogen and oxygen atoms in total. The Bertz CT molecular complexity index is 612. The Hall–Kier alpha value is -1.07. The molecular formula is C15H21NO3S. The number of ether oxygens (including phenoxy) is 1. The summed E-state index contributed by atoms with van der Waals surface area (Å²) in [5, 5.41) is 3.34. The Kier molecular flexibility index (Phi) is 3.50. The smallest absolute Gasteiger partial charge is 0.159 e. The molecule has 0 bridgehead atoms. The van der Waals surface area contributed by atoms with Crippen LogP contribution in [-0.2, 0) is 22.8 Å². The Morgan fingerprint density at radius 3 is 3.00 bits per heavy atom. The highest BCUT2D eigenvalue weighted by Crippen LogP contribution is 2.33. The van der Waals surface area contributed by atoms with Crippen molar-refractivity contribution in [3.8, 4) is 5.75 Å². The average molecular weight is 295 g/mol.